The predicted octanol–water partition coefficient (Wildman–Crippen LogP) is 2.44. The van der Waals surface area contributed by atoms with Crippen molar-refractivity contribution in [1.29, 1.82) is 10.5 Å². The first-order valence-electron chi connectivity index (χ1n) is 6.01. The summed E-state index contributed by atoms with van der Waals surface area (Å²) in [4.78, 5) is 11.7. The van der Waals surface area contributed by atoms with Gasteiger partial charge in [-0.25, -0.2) is 0 Å². The molecule has 0 N–H and O–H groups in total. The molecule has 0 bridgehead atoms. The van der Waals surface area contributed by atoms with Crippen molar-refractivity contribution in [3.63, 3.8) is 0 Å². The van der Waals surface area contributed by atoms with Gasteiger partial charge in [0, 0.05) is 12.7 Å². The van der Waals surface area contributed by atoms with Crippen LogP contribution in [0.15, 0.2) is 23.1 Å². The molecule has 1 aromatic heterocycles. The monoisotopic (exact) mass is 243 g/mol. The lowest BCUT2D eigenvalue weighted by Crippen LogP contribution is -2.21. The molecule has 18 heavy (non-hydrogen) atoms. The molecule has 1 aromatic rings. The zero-order valence-corrected chi connectivity index (χ0v) is 10.8. The van der Waals surface area contributed by atoms with Crippen LogP contribution in [0, 0.1) is 28.1 Å². The Morgan fingerprint density at radius 3 is 2.67 bits per heavy atom. The molecule has 0 aliphatic carbocycles. The van der Waals surface area contributed by atoms with Gasteiger partial charge in [-0.3, -0.25) is 4.79 Å². The normalized spacial score (nSPS) is 10.7. The molecule has 4 heteroatoms. The fourth-order valence-corrected chi connectivity index (χ4v) is 1.70. The van der Waals surface area contributed by atoms with Crippen LogP contribution in [-0.2, 0) is 6.54 Å². The maximum Gasteiger partial charge on any atom is 0.268 e. The second kappa shape index (κ2) is 6.02. The molecular weight excluding hydrogens is 226 g/mol. The largest absolute Gasteiger partial charge is 0.314 e. The minimum Gasteiger partial charge on any atom is -0.314 e. The van der Waals surface area contributed by atoms with Crippen LogP contribution < -0.4 is 5.56 Å². The van der Waals surface area contributed by atoms with Crippen molar-refractivity contribution < 1.29 is 0 Å². The van der Waals surface area contributed by atoms with Gasteiger partial charge in [0.1, 0.15) is 11.6 Å². The lowest BCUT2D eigenvalue weighted by molar-refractivity contribution is 0.415. The van der Waals surface area contributed by atoms with Crippen LogP contribution >= 0.6 is 0 Å². The van der Waals surface area contributed by atoms with Crippen molar-refractivity contribution in [2.75, 3.05) is 0 Å². The van der Waals surface area contributed by atoms with Crippen LogP contribution in [0.3, 0.4) is 0 Å². The number of aromatic nitrogens is 1. The van der Waals surface area contributed by atoms with Crippen molar-refractivity contribution in [2.45, 2.75) is 39.7 Å². The number of hydrogen-bond acceptors (Lipinski definition) is 3. The molecule has 0 atom stereocenters. The summed E-state index contributed by atoms with van der Waals surface area (Å²) in [6.45, 7) is 4.42. The van der Waals surface area contributed by atoms with Crippen LogP contribution in [0.2, 0.25) is 0 Å². The lowest BCUT2D eigenvalue weighted by atomic mass is 9.89. The van der Waals surface area contributed by atoms with E-state index in [-0.39, 0.29) is 16.5 Å². The van der Waals surface area contributed by atoms with Crippen LogP contribution in [0.25, 0.3) is 0 Å². The molecule has 0 aliphatic heterocycles. The summed E-state index contributed by atoms with van der Waals surface area (Å²) in [5.74, 6) is 0. The number of rotatable bonds is 5. The molecule has 0 amide bonds. The third kappa shape index (κ3) is 3.75. The van der Waals surface area contributed by atoms with E-state index in [2.05, 4.69) is 6.07 Å². The van der Waals surface area contributed by atoms with E-state index in [1.807, 2.05) is 19.9 Å². The second-order valence-electron chi connectivity index (χ2n) is 4.99. The van der Waals surface area contributed by atoms with Gasteiger partial charge >= 0.3 is 0 Å². The molecule has 1 heterocycles. The smallest absolute Gasteiger partial charge is 0.268 e. The standard InChI is InChI=1S/C14H17N3O/c1-14(2,11-16)7-3-4-8-17-9-5-6-12(10-15)13(17)18/h5-6,9H,3-4,7-8H2,1-2H3. The Kier molecular flexibility index (Phi) is 4.68. The Hall–Kier alpha value is -2.07. The molecule has 0 aliphatic rings. The topological polar surface area (TPSA) is 69.6 Å². The van der Waals surface area contributed by atoms with Gasteiger partial charge in [-0.05, 0) is 38.8 Å². The van der Waals surface area contributed by atoms with E-state index in [9.17, 15) is 4.79 Å². The summed E-state index contributed by atoms with van der Waals surface area (Å²) in [6, 6.07) is 7.37. The second-order valence-corrected chi connectivity index (χ2v) is 4.99. The van der Waals surface area contributed by atoms with E-state index >= 15 is 0 Å². The van der Waals surface area contributed by atoms with Crippen LogP contribution in [-0.4, -0.2) is 4.57 Å². The molecule has 0 saturated heterocycles. The Labute approximate surface area is 107 Å². The number of nitriles is 2. The first-order valence-corrected chi connectivity index (χ1v) is 6.01. The Morgan fingerprint density at radius 2 is 2.06 bits per heavy atom. The van der Waals surface area contributed by atoms with Crippen LogP contribution in [0.4, 0.5) is 0 Å². The summed E-state index contributed by atoms with van der Waals surface area (Å²) in [6.07, 6.45) is 4.23. The average molecular weight is 243 g/mol. The molecule has 0 aromatic carbocycles. The number of hydrogen-bond donors (Lipinski definition) is 0. The van der Waals surface area contributed by atoms with Crippen molar-refractivity contribution in [1.82, 2.24) is 4.57 Å². The SMILES string of the molecule is CC(C)(C#N)CCCCn1cccc(C#N)c1=O. The predicted molar refractivity (Wildman–Crippen MR) is 68.7 cm³/mol. The summed E-state index contributed by atoms with van der Waals surface area (Å²) >= 11 is 0. The highest BCUT2D eigenvalue weighted by molar-refractivity contribution is 5.24. The first-order chi connectivity index (χ1) is 8.50. The average Bonchev–Trinajstić information content (AvgIpc) is 2.36. The molecule has 94 valence electrons. The highest BCUT2D eigenvalue weighted by Crippen LogP contribution is 2.21. The number of unbranched alkanes of at least 4 members (excludes halogenated alkanes) is 1. The molecule has 1 rings (SSSR count). The maximum atomic E-state index is 11.7. The zero-order chi connectivity index (χ0) is 13.6. The molecule has 4 nitrogen and oxygen atoms in total. The molecule has 0 radical (unpaired) electrons. The maximum absolute atomic E-state index is 11.7. The van der Waals surface area contributed by atoms with Crippen molar-refractivity contribution in [3.8, 4) is 12.1 Å². The summed E-state index contributed by atoms with van der Waals surface area (Å²) in [5, 5.41) is 17.6. The highest BCUT2D eigenvalue weighted by atomic mass is 16.1. The fourth-order valence-electron chi connectivity index (χ4n) is 1.70. The van der Waals surface area contributed by atoms with Crippen LogP contribution in [0.5, 0.6) is 0 Å². The van der Waals surface area contributed by atoms with Gasteiger partial charge in [0.25, 0.3) is 5.56 Å². The minimum atomic E-state index is -0.306. The van der Waals surface area contributed by atoms with Crippen LogP contribution in [0.1, 0.15) is 38.7 Å². The molecular formula is C14H17N3O. The number of aryl methyl sites for hydroxylation is 1. The Bertz CT molecular complexity index is 543. The third-order valence-corrected chi connectivity index (χ3v) is 2.89. The van der Waals surface area contributed by atoms with Gasteiger partial charge in [0.2, 0.25) is 0 Å². The number of nitrogens with zero attached hydrogens (tertiary/aromatic N) is 3. The van der Waals surface area contributed by atoms with E-state index in [1.165, 1.54) is 6.07 Å². The van der Waals surface area contributed by atoms with Crippen molar-refractivity contribution in [2.24, 2.45) is 5.41 Å². The van der Waals surface area contributed by atoms with Gasteiger partial charge in [-0.1, -0.05) is 6.42 Å². The summed E-state index contributed by atoms with van der Waals surface area (Å²) < 4.78 is 1.55. The van der Waals surface area contributed by atoms with E-state index in [1.54, 1.807) is 16.8 Å². The summed E-state index contributed by atoms with van der Waals surface area (Å²) in [5.41, 5.74) is -0.367. The molecule has 0 spiro atoms. The molecule has 0 unspecified atom stereocenters. The Balaban J connectivity index is 2.54. The van der Waals surface area contributed by atoms with E-state index in [4.69, 9.17) is 10.5 Å². The zero-order valence-electron chi connectivity index (χ0n) is 10.8. The van der Waals surface area contributed by atoms with Crippen molar-refractivity contribution in [3.05, 3.63) is 34.2 Å². The van der Waals surface area contributed by atoms with Gasteiger partial charge in [-0.2, -0.15) is 10.5 Å². The fraction of sp³-hybridized carbons (Fsp3) is 0.500. The van der Waals surface area contributed by atoms with Gasteiger partial charge in [0.05, 0.1) is 11.5 Å². The van der Waals surface area contributed by atoms with E-state index in [0.717, 1.165) is 19.3 Å². The highest BCUT2D eigenvalue weighted by Gasteiger charge is 2.15. The summed E-state index contributed by atoms with van der Waals surface area (Å²) in [7, 11) is 0. The molecule has 0 fully saturated rings. The quantitative estimate of drug-likeness (QED) is 0.746. The van der Waals surface area contributed by atoms with Gasteiger partial charge in [-0.15, -0.1) is 0 Å². The Morgan fingerprint density at radius 1 is 1.33 bits per heavy atom. The van der Waals surface area contributed by atoms with E-state index < -0.39 is 0 Å². The van der Waals surface area contributed by atoms with Gasteiger partial charge < -0.3 is 4.57 Å². The number of pyridine rings is 1. The molecule has 0 saturated carbocycles. The van der Waals surface area contributed by atoms with Gasteiger partial charge in [0.15, 0.2) is 0 Å². The minimum absolute atomic E-state index is 0.176. The lowest BCUT2D eigenvalue weighted by Gasteiger charge is -2.14. The van der Waals surface area contributed by atoms with Crippen molar-refractivity contribution >= 4 is 0 Å². The first kappa shape index (κ1) is 14.0. The van der Waals surface area contributed by atoms with E-state index in [0.29, 0.717) is 6.54 Å². The third-order valence-electron chi connectivity index (χ3n) is 2.89.